The molecule has 1 aromatic rings. The summed E-state index contributed by atoms with van der Waals surface area (Å²) >= 11 is 0. The van der Waals surface area contributed by atoms with Gasteiger partial charge >= 0.3 is 0 Å². The van der Waals surface area contributed by atoms with Crippen LogP contribution in [0.1, 0.15) is 79.2 Å². The standard InChI is InChI=1S/C10H11NO3.C9H18.2C2H6/c12-7-11-10(14-8-13)6-9-4-2-1-3-5-9;1-8(2)9-6-4-3-5-7-9;2*1-2/h1-5,7-8,10H,6H2,(H,11,12);8-9H,3-7H2,1-2H3;2*1-2H3. The van der Waals surface area contributed by atoms with Gasteiger partial charge in [0.25, 0.3) is 6.47 Å². The first-order chi connectivity index (χ1) is 13.2. The summed E-state index contributed by atoms with van der Waals surface area (Å²) in [6.45, 7) is 13.0. The lowest BCUT2D eigenvalue weighted by atomic mass is 9.82. The van der Waals surface area contributed by atoms with Gasteiger partial charge in [-0.25, -0.2) is 0 Å². The van der Waals surface area contributed by atoms with Gasteiger partial charge in [-0.2, -0.15) is 0 Å². The van der Waals surface area contributed by atoms with Crippen LogP contribution >= 0.6 is 0 Å². The number of ether oxygens (including phenoxy) is 1. The zero-order valence-electron chi connectivity index (χ0n) is 18.2. The third kappa shape index (κ3) is 15.0. The van der Waals surface area contributed by atoms with Gasteiger partial charge in [0, 0.05) is 6.42 Å². The molecule has 27 heavy (non-hydrogen) atoms. The largest absolute Gasteiger partial charge is 0.444 e. The number of rotatable bonds is 7. The van der Waals surface area contributed by atoms with E-state index in [9.17, 15) is 9.59 Å². The first-order valence-corrected chi connectivity index (χ1v) is 10.5. The van der Waals surface area contributed by atoms with E-state index in [0.717, 1.165) is 17.4 Å². The van der Waals surface area contributed by atoms with Crippen molar-refractivity contribution in [3.05, 3.63) is 35.9 Å². The molecule has 0 spiro atoms. The minimum atomic E-state index is -0.590. The summed E-state index contributed by atoms with van der Waals surface area (Å²) in [5.41, 5.74) is 0.994. The maximum atomic E-state index is 10.2. The predicted molar refractivity (Wildman–Crippen MR) is 114 cm³/mol. The van der Waals surface area contributed by atoms with Gasteiger partial charge in [0.2, 0.25) is 6.41 Å². The van der Waals surface area contributed by atoms with E-state index in [1.807, 2.05) is 58.0 Å². The van der Waals surface area contributed by atoms with Crippen LogP contribution in [0.25, 0.3) is 0 Å². The van der Waals surface area contributed by atoms with Crippen LogP contribution in [0.3, 0.4) is 0 Å². The molecule has 0 bridgehead atoms. The Bertz CT molecular complexity index is 419. The highest BCUT2D eigenvalue weighted by Gasteiger charge is 2.15. The van der Waals surface area contributed by atoms with Crippen LogP contribution in [0.4, 0.5) is 0 Å². The summed E-state index contributed by atoms with van der Waals surface area (Å²) in [5, 5.41) is 2.40. The SMILES string of the molecule is CC.CC.CC(C)C1CCCCC1.O=CNC(Cc1ccccc1)OC=O. The lowest BCUT2D eigenvalue weighted by molar-refractivity contribution is -0.136. The summed E-state index contributed by atoms with van der Waals surface area (Å²) in [5.74, 6) is 1.99. The van der Waals surface area contributed by atoms with E-state index in [1.54, 1.807) is 0 Å². The number of benzene rings is 1. The van der Waals surface area contributed by atoms with Crippen LogP contribution in [0.15, 0.2) is 30.3 Å². The van der Waals surface area contributed by atoms with Gasteiger partial charge in [0.15, 0.2) is 6.23 Å². The normalized spacial score (nSPS) is 14.0. The topological polar surface area (TPSA) is 55.4 Å². The third-order valence-corrected chi connectivity index (χ3v) is 4.33. The Morgan fingerprint density at radius 3 is 1.96 bits per heavy atom. The highest BCUT2D eigenvalue weighted by molar-refractivity contribution is 5.47. The molecule has 0 aromatic heterocycles. The van der Waals surface area contributed by atoms with Crippen LogP contribution < -0.4 is 5.32 Å². The molecule has 156 valence electrons. The van der Waals surface area contributed by atoms with E-state index in [-0.39, 0.29) is 0 Å². The second-order valence-electron chi connectivity index (χ2n) is 6.34. The number of nitrogens with one attached hydrogen (secondary N) is 1. The summed E-state index contributed by atoms with van der Waals surface area (Å²) in [6, 6.07) is 9.45. The minimum absolute atomic E-state index is 0.324. The molecule has 1 fully saturated rings. The summed E-state index contributed by atoms with van der Waals surface area (Å²) in [4.78, 5) is 20.3. The highest BCUT2D eigenvalue weighted by atomic mass is 16.5. The summed E-state index contributed by atoms with van der Waals surface area (Å²) < 4.78 is 4.66. The zero-order valence-corrected chi connectivity index (χ0v) is 18.2. The Hall–Kier alpha value is -1.84. The molecule has 1 aromatic carbocycles. The molecular weight excluding hydrogens is 338 g/mol. The van der Waals surface area contributed by atoms with Gasteiger partial charge in [-0.1, -0.05) is 104 Å². The molecule has 1 aliphatic carbocycles. The van der Waals surface area contributed by atoms with E-state index in [0.29, 0.717) is 19.3 Å². The molecule has 2 rings (SSSR count). The Balaban J connectivity index is 0. The minimum Gasteiger partial charge on any atom is -0.444 e. The average Bonchev–Trinajstić information content (AvgIpc) is 2.73. The van der Waals surface area contributed by atoms with Gasteiger partial charge < -0.3 is 10.1 Å². The van der Waals surface area contributed by atoms with Gasteiger partial charge in [-0.3, -0.25) is 9.59 Å². The van der Waals surface area contributed by atoms with Crippen LogP contribution in [0, 0.1) is 11.8 Å². The number of amides is 1. The van der Waals surface area contributed by atoms with Crippen LogP contribution in [-0.2, 0) is 20.7 Å². The van der Waals surface area contributed by atoms with Crippen molar-refractivity contribution < 1.29 is 14.3 Å². The Morgan fingerprint density at radius 2 is 1.56 bits per heavy atom. The fourth-order valence-electron chi connectivity index (χ4n) is 2.92. The van der Waals surface area contributed by atoms with E-state index in [1.165, 1.54) is 32.1 Å². The van der Waals surface area contributed by atoms with Crippen molar-refractivity contribution in [1.29, 1.82) is 0 Å². The molecule has 4 heteroatoms. The van der Waals surface area contributed by atoms with E-state index in [4.69, 9.17) is 0 Å². The van der Waals surface area contributed by atoms with Crippen molar-refractivity contribution in [3.8, 4) is 0 Å². The molecular formula is C23H41NO3. The molecule has 0 aliphatic heterocycles. The molecule has 1 atom stereocenters. The Kier molecular flexibility index (Phi) is 20.8. The van der Waals surface area contributed by atoms with Crippen molar-refractivity contribution in [3.63, 3.8) is 0 Å². The quantitative estimate of drug-likeness (QED) is 0.485. The molecule has 1 saturated carbocycles. The van der Waals surface area contributed by atoms with Crippen molar-refractivity contribution in [1.82, 2.24) is 5.32 Å². The number of carbonyl (C=O) groups excluding carboxylic acids is 2. The molecule has 4 nitrogen and oxygen atoms in total. The maximum Gasteiger partial charge on any atom is 0.295 e. The van der Waals surface area contributed by atoms with Crippen molar-refractivity contribution >= 4 is 12.9 Å². The highest BCUT2D eigenvalue weighted by Crippen LogP contribution is 2.29. The molecule has 0 radical (unpaired) electrons. The average molecular weight is 380 g/mol. The van der Waals surface area contributed by atoms with Crippen LogP contribution in [0.5, 0.6) is 0 Å². The first kappa shape index (κ1) is 27.4. The second kappa shape index (κ2) is 20.5. The predicted octanol–water partition coefficient (Wildman–Crippen LogP) is 5.75. The van der Waals surface area contributed by atoms with Crippen LogP contribution in [-0.4, -0.2) is 19.1 Å². The van der Waals surface area contributed by atoms with Crippen molar-refractivity contribution in [2.75, 3.05) is 0 Å². The lowest BCUT2D eigenvalue weighted by Gasteiger charge is -2.24. The maximum absolute atomic E-state index is 10.2. The van der Waals surface area contributed by atoms with Gasteiger partial charge in [-0.05, 0) is 17.4 Å². The smallest absolute Gasteiger partial charge is 0.295 e. The molecule has 1 N–H and O–H groups in total. The Morgan fingerprint density at radius 1 is 1.00 bits per heavy atom. The Labute approximate surface area is 167 Å². The molecule has 1 amide bonds. The van der Waals surface area contributed by atoms with Gasteiger partial charge in [-0.15, -0.1) is 0 Å². The molecule has 1 aliphatic rings. The molecule has 1 unspecified atom stereocenters. The van der Waals surface area contributed by atoms with E-state index >= 15 is 0 Å². The van der Waals surface area contributed by atoms with Crippen molar-refractivity contribution in [2.45, 2.75) is 86.3 Å². The lowest BCUT2D eigenvalue weighted by Crippen LogP contribution is -2.32. The van der Waals surface area contributed by atoms with Gasteiger partial charge in [0.05, 0.1) is 0 Å². The number of hydrogen-bond donors (Lipinski definition) is 1. The summed E-state index contributed by atoms with van der Waals surface area (Å²) in [7, 11) is 0. The molecule has 0 saturated heterocycles. The van der Waals surface area contributed by atoms with E-state index < -0.39 is 6.23 Å². The monoisotopic (exact) mass is 379 g/mol. The first-order valence-electron chi connectivity index (χ1n) is 10.5. The van der Waals surface area contributed by atoms with Crippen molar-refractivity contribution in [2.24, 2.45) is 11.8 Å². The zero-order chi connectivity index (χ0) is 20.9. The third-order valence-electron chi connectivity index (χ3n) is 4.33. The fraction of sp³-hybridized carbons (Fsp3) is 0.652. The number of carbonyl (C=O) groups is 2. The fourth-order valence-corrected chi connectivity index (χ4v) is 2.92. The molecule has 0 heterocycles. The van der Waals surface area contributed by atoms with Crippen LogP contribution in [0.2, 0.25) is 0 Å². The number of hydrogen-bond acceptors (Lipinski definition) is 3. The van der Waals surface area contributed by atoms with Gasteiger partial charge in [0.1, 0.15) is 0 Å². The second-order valence-corrected chi connectivity index (χ2v) is 6.34. The summed E-state index contributed by atoms with van der Waals surface area (Å²) in [6.07, 6.45) is 7.85. The van der Waals surface area contributed by atoms with E-state index in [2.05, 4.69) is 23.9 Å².